The van der Waals surface area contributed by atoms with E-state index in [1.807, 2.05) is 73.7 Å². The Morgan fingerprint density at radius 3 is 2.55 bits per heavy atom. The van der Waals surface area contributed by atoms with Gasteiger partial charge in [0.1, 0.15) is 0 Å². The zero-order valence-electron chi connectivity index (χ0n) is 16.9. The van der Waals surface area contributed by atoms with Crippen LogP contribution in [0.1, 0.15) is 11.1 Å². The third kappa shape index (κ3) is 4.73. The molecule has 31 heavy (non-hydrogen) atoms. The van der Waals surface area contributed by atoms with Crippen LogP contribution >= 0.6 is 11.8 Å². The summed E-state index contributed by atoms with van der Waals surface area (Å²) in [5, 5.41) is 5.02. The van der Waals surface area contributed by atoms with Crippen LogP contribution in [-0.2, 0) is 4.79 Å². The lowest BCUT2D eigenvalue weighted by Gasteiger charge is -2.12. The number of hydrogen-bond acceptors (Lipinski definition) is 5. The number of para-hydroxylation sites is 2. The first kappa shape index (κ1) is 20.6. The first-order chi connectivity index (χ1) is 15.1. The molecule has 3 aromatic carbocycles. The van der Waals surface area contributed by atoms with Crippen LogP contribution in [0.4, 0.5) is 0 Å². The van der Waals surface area contributed by atoms with Gasteiger partial charge in [0.15, 0.2) is 5.16 Å². The molecule has 4 rings (SSSR count). The summed E-state index contributed by atoms with van der Waals surface area (Å²) in [5.41, 5.74) is 5.67. The average molecular weight is 429 g/mol. The van der Waals surface area contributed by atoms with E-state index < -0.39 is 0 Å². The highest BCUT2D eigenvalue weighted by Crippen LogP contribution is 2.21. The summed E-state index contributed by atoms with van der Waals surface area (Å²) in [6.07, 6.45) is 1.62. The molecule has 1 aromatic heterocycles. The predicted octanol–water partition coefficient (Wildman–Crippen LogP) is 3.94. The molecule has 0 aliphatic heterocycles. The second-order valence-electron chi connectivity index (χ2n) is 6.83. The second kappa shape index (κ2) is 9.40. The summed E-state index contributed by atoms with van der Waals surface area (Å²) in [6.45, 7) is 1.98. The van der Waals surface area contributed by atoms with Gasteiger partial charge in [0.2, 0.25) is 0 Å². The van der Waals surface area contributed by atoms with Gasteiger partial charge in [-0.25, -0.2) is 10.4 Å². The predicted molar refractivity (Wildman–Crippen MR) is 125 cm³/mol. The fraction of sp³-hybridized carbons (Fsp3) is 0.0833. The van der Waals surface area contributed by atoms with Crippen LogP contribution in [-0.4, -0.2) is 27.4 Å². The van der Waals surface area contributed by atoms with E-state index in [9.17, 15) is 9.59 Å². The standard InChI is InChI=1S/C24H20N4O2S/c1-17-9-5-6-10-18(17)15-25-27-22(29)16-31-24-26-21-14-8-7-13-20(21)23(30)28(24)19-11-3-2-4-12-19/h2-15H,16H2,1H3,(H,27,29)/b25-15-. The van der Waals surface area contributed by atoms with E-state index in [0.29, 0.717) is 21.7 Å². The number of carbonyl (C=O) groups excluding carboxylic acids is 1. The van der Waals surface area contributed by atoms with Crippen molar-refractivity contribution in [2.75, 3.05) is 5.75 Å². The fourth-order valence-electron chi connectivity index (χ4n) is 3.08. The highest BCUT2D eigenvalue weighted by molar-refractivity contribution is 7.99. The van der Waals surface area contributed by atoms with Gasteiger partial charge < -0.3 is 0 Å². The topological polar surface area (TPSA) is 76.3 Å². The third-order valence-electron chi connectivity index (χ3n) is 4.67. The number of nitrogens with one attached hydrogen (secondary N) is 1. The molecule has 0 aliphatic rings. The van der Waals surface area contributed by atoms with Gasteiger partial charge in [-0.3, -0.25) is 14.2 Å². The Bertz CT molecular complexity index is 1320. The number of hydrazone groups is 1. The maximum atomic E-state index is 13.1. The number of nitrogens with zero attached hydrogens (tertiary/aromatic N) is 3. The number of thioether (sulfide) groups is 1. The fourth-order valence-corrected chi connectivity index (χ4v) is 3.89. The van der Waals surface area contributed by atoms with Crippen LogP contribution in [0.2, 0.25) is 0 Å². The van der Waals surface area contributed by atoms with Gasteiger partial charge in [-0.2, -0.15) is 5.10 Å². The molecule has 0 aliphatic carbocycles. The van der Waals surface area contributed by atoms with Crippen LogP contribution in [0.5, 0.6) is 0 Å². The molecule has 1 heterocycles. The maximum absolute atomic E-state index is 13.1. The van der Waals surface area contributed by atoms with Crippen molar-refractivity contribution >= 4 is 34.8 Å². The Morgan fingerprint density at radius 1 is 1.03 bits per heavy atom. The second-order valence-corrected chi connectivity index (χ2v) is 7.77. The Morgan fingerprint density at radius 2 is 1.74 bits per heavy atom. The number of hydrogen-bond donors (Lipinski definition) is 1. The van der Waals surface area contributed by atoms with Crippen molar-refractivity contribution in [1.29, 1.82) is 0 Å². The molecule has 1 amide bonds. The number of aryl methyl sites for hydroxylation is 1. The molecule has 0 unspecified atom stereocenters. The first-order valence-corrected chi connectivity index (χ1v) is 10.7. The van der Waals surface area contributed by atoms with E-state index in [4.69, 9.17) is 0 Å². The molecule has 4 aromatic rings. The molecule has 0 saturated heterocycles. The Labute approximate surface area is 183 Å². The molecule has 0 bridgehead atoms. The average Bonchev–Trinajstić information content (AvgIpc) is 2.80. The number of benzene rings is 3. The minimum Gasteiger partial charge on any atom is -0.272 e. The van der Waals surface area contributed by atoms with Crippen molar-refractivity contribution in [3.8, 4) is 5.69 Å². The zero-order chi connectivity index (χ0) is 21.6. The summed E-state index contributed by atoms with van der Waals surface area (Å²) in [7, 11) is 0. The quantitative estimate of drug-likeness (QED) is 0.218. The lowest BCUT2D eigenvalue weighted by Crippen LogP contribution is -2.24. The molecule has 0 fully saturated rings. The highest BCUT2D eigenvalue weighted by Gasteiger charge is 2.14. The minimum atomic E-state index is -0.281. The number of amides is 1. The third-order valence-corrected chi connectivity index (χ3v) is 5.61. The zero-order valence-corrected chi connectivity index (χ0v) is 17.7. The van der Waals surface area contributed by atoms with Gasteiger partial charge >= 0.3 is 0 Å². The van der Waals surface area contributed by atoms with E-state index in [1.54, 1.807) is 18.3 Å². The molecular weight excluding hydrogens is 408 g/mol. The smallest absolute Gasteiger partial charge is 0.266 e. The number of carbonyl (C=O) groups is 1. The molecule has 0 saturated carbocycles. The lowest BCUT2D eigenvalue weighted by atomic mass is 10.1. The van der Waals surface area contributed by atoms with E-state index in [0.717, 1.165) is 11.1 Å². The summed E-state index contributed by atoms with van der Waals surface area (Å²) < 4.78 is 1.54. The van der Waals surface area contributed by atoms with Gasteiger partial charge in [-0.05, 0) is 42.3 Å². The van der Waals surface area contributed by atoms with Crippen molar-refractivity contribution in [3.63, 3.8) is 0 Å². The van der Waals surface area contributed by atoms with Gasteiger partial charge in [0.05, 0.1) is 28.6 Å². The van der Waals surface area contributed by atoms with Crippen molar-refractivity contribution < 1.29 is 4.79 Å². The molecule has 0 atom stereocenters. The van der Waals surface area contributed by atoms with Gasteiger partial charge in [0.25, 0.3) is 11.5 Å². The van der Waals surface area contributed by atoms with Crippen molar-refractivity contribution in [2.24, 2.45) is 5.10 Å². The molecule has 6 nitrogen and oxygen atoms in total. The largest absolute Gasteiger partial charge is 0.272 e. The number of aromatic nitrogens is 2. The SMILES string of the molecule is Cc1ccccc1/C=N\NC(=O)CSc1nc2ccccc2c(=O)n1-c1ccccc1. The number of fused-ring (bicyclic) bond motifs is 1. The van der Waals surface area contributed by atoms with Crippen LogP contribution in [0, 0.1) is 6.92 Å². The van der Waals surface area contributed by atoms with Crippen molar-refractivity contribution in [1.82, 2.24) is 15.0 Å². The lowest BCUT2D eigenvalue weighted by molar-refractivity contribution is -0.118. The normalized spacial score (nSPS) is 11.1. The van der Waals surface area contributed by atoms with Gasteiger partial charge in [0, 0.05) is 0 Å². The highest BCUT2D eigenvalue weighted by atomic mass is 32.2. The van der Waals surface area contributed by atoms with Crippen molar-refractivity contribution in [3.05, 3.63) is 100 Å². The summed E-state index contributed by atoms with van der Waals surface area (Å²) >= 11 is 1.19. The van der Waals surface area contributed by atoms with Crippen LogP contribution in [0.25, 0.3) is 16.6 Å². The number of rotatable bonds is 6. The van der Waals surface area contributed by atoms with E-state index in [1.165, 1.54) is 16.3 Å². The minimum absolute atomic E-state index is 0.0721. The van der Waals surface area contributed by atoms with E-state index >= 15 is 0 Å². The van der Waals surface area contributed by atoms with Crippen molar-refractivity contribution in [2.45, 2.75) is 12.1 Å². The molecular formula is C24H20N4O2S. The van der Waals surface area contributed by atoms with Crippen LogP contribution in [0.3, 0.4) is 0 Å². The molecule has 7 heteroatoms. The summed E-state index contributed by atoms with van der Waals surface area (Å²) in [5.74, 6) is -0.209. The Balaban J connectivity index is 1.56. The molecule has 1 N–H and O–H groups in total. The van der Waals surface area contributed by atoms with E-state index in [-0.39, 0.29) is 17.2 Å². The Hall–Kier alpha value is -3.71. The summed E-state index contributed by atoms with van der Waals surface area (Å²) in [4.78, 5) is 30.1. The van der Waals surface area contributed by atoms with E-state index in [2.05, 4.69) is 15.5 Å². The van der Waals surface area contributed by atoms with Crippen LogP contribution < -0.4 is 11.0 Å². The van der Waals surface area contributed by atoms with Gasteiger partial charge in [-0.1, -0.05) is 66.4 Å². The maximum Gasteiger partial charge on any atom is 0.266 e. The summed E-state index contributed by atoms with van der Waals surface area (Å²) in [6, 6.07) is 24.3. The molecule has 0 spiro atoms. The van der Waals surface area contributed by atoms with Crippen LogP contribution in [0.15, 0.2) is 93.9 Å². The molecule has 0 radical (unpaired) electrons. The monoisotopic (exact) mass is 428 g/mol. The Kier molecular flexibility index (Phi) is 6.24. The first-order valence-electron chi connectivity index (χ1n) is 9.71. The molecule has 154 valence electrons. The van der Waals surface area contributed by atoms with Gasteiger partial charge in [-0.15, -0.1) is 0 Å².